The Morgan fingerprint density at radius 2 is 2.00 bits per heavy atom. The maximum absolute atomic E-state index is 11.5. The summed E-state index contributed by atoms with van der Waals surface area (Å²) in [5, 5.41) is 0. The average molecular weight is 213 g/mol. The molecule has 3 N–H and O–H groups in total. The minimum absolute atomic E-state index is 0.620. The second-order valence-electron chi connectivity index (χ2n) is 3.13. The van der Waals surface area contributed by atoms with Gasteiger partial charge in [-0.3, -0.25) is 0 Å². The van der Waals surface area contributed by atoms with Gasteiger partial charge in [0.15, 0.2) is 0 Å². The van der Waals surface area contributed by atoms with Crippen molar-refractivity contribution in [3.63, 3.8) is 0 Å². The zero-order valence-electron chi connectivity index (χ0n) is 8.57. The van der Waals surface area contributed by atoms with Crippen LogP contribution in [0.4, 0.5) is 11.4 Å². The van der Waals surface area contributed by atoms with Crippen LogP contribution in [0.2, 0.25) is 0 Å². The van der Waals surface area contributed by atoms with Gasteiger partial charge in [0.2, 0.25) is 0 Å². The highest BCUT2D eigenvalue weighted by Gasteiger charge is 2.05. The molecule has 0 spiro atoms. The van der Waals surface area contributed by atoms with Gasteiger partial charge in [-0.15, -0.1) is 0 Å². The predicted octanol–water partition coefficient (Wildman–Crippen LogP) is 0.577. The lowest BCUT2D eigenvalue weighted by atomic mass is 10.3. The summed E-state index contributed by atoms with van der Waals surface area (Å²) in [4.78, 5) is 2.61. The molecule has 0 aliphatic carbocycles. The van der Waals surface area contributed by atoms with Crippen LogP contribution in [0.1, 0.15) is 0 Å². The highest BCUT2D eigenvalue weighted by molar-refractivity contribution is 7.83. The SMILES string of the molecule is CNS(=O)c1cc(N)cc(N(C)C)c1. The van der Waals surface area contributed by atoms with E-state index in [4.69, 9.17) is 5.73 Å². The van der Waals surface area contributed by atoms with Crippen LogP contribution in [-0.2, 0) is 11.0 Å². The van der Waals surface area contributed by atoms with Gasteiger partial charge in [0.25, 0.3) is 0 Å². The number of rotatable bonds is 3. The highest BCUT2D eigenvalue weighted by atomic mass is 32.2. The third-order valence-electron chi connectivity index (χ3n) is 1.83. The second-order valence-corrected chi connectivity index (χ2v) is 4.54. The molecule has 1 rings (SSSR count). The van der Waals surface area contributed by atoms with E-state index in [-0.39, 0.29) is 0 Å². The Morgan fingerprint density at radius 1 is 1.36 bits per heavy atom. The van der Waals surface area contributed by atoms with Gasteiger partial charge in [0.05, 0.1) is 4.90 Å². The van der Waals surface area contributed by atoms with Crippen LogP contribution in [0.15, 0.2) is 23.1 Å². The van der Waals surface area contributed by atoms with Crippen LogP contribution >= 0.6 is 0 Å². The molecule has 0 fully saturated rings. The Labute approximate surface area is 86.7 Å². The molecule has 1 unspecified atom stereocenters. The van der Waals surface area contributed by atoms with Crippen LogP contribution in [0.5, 0.6) is 0 Å². The van der Waals surface area contributed by atoms with Crippen molar-refractivity contribution in [2.24, 2.45) is 0 Å². The molecule has 5 heteroatoms. The fourth-order valence-corrected chi connectivity index (χ4v) is 1.80. The van der Waals surface area contributed by atoms with Crippen molar-refractivity contribution in [2.75, 3.05) is 31.8 Å². The topological polar surface area (TPSA) is 58.4 Å². The number of nitrogen functional groups attached to an aromatic ring is 1. The zero-order chi connectivity index (χ0) is 10.7. The number of anilines is 2. The third-order valence-corrected chi connectivity index (χ3v) is 2.86. The van der Waals surface area contributed by atoms with E-state index >= 15 is 0 Å². The minimum atomic E-state index is -1.18. The maximum atomic E-state index is 11.5. The van der Waals surface area contributed by atoms with Crippen molar-refractivity contribution in [3.8, 4) is 0 Å². The molecule has 0 aliphatic rings. The Kier molecular flexibility index (Phi) is 3.49. The fourth-order valence-electron chi connectivity index (χ4n) is 1.09. The molecule has 0 heterocycles. The number of hydrogen-bond donors (Lipinski definition) is 2. The van der Waals surface area contributed by atoms with Crippen molar-refractivity contribution in [3.05, 3.63) is 18.2 Å². The molecule has 0 saturated heterocycles. The molecule has 0 saturated carbocycles. The molecule has 0 aromatic heterocycles. The van der Waals surface area contributed by atoms with Crippen molar-refractivity contribution in [1.29, 1.82) is 0 Å². The van der Waals surface area contributed by atoms with Gasteiger partial charge in [0, 0.05) is 25.5 Å². The molecular formula is C9H15N3OS. The maximum Gasteiger partial charge on any atom is 0.124 e. The lowest BCUT2D eigenvalue weighted by molar-refractivity contribution is 0.678. The molecule has 78 valence electrons. The van der Waals surface area contributed by atoms with Crippen LogP contribution in [-0.4, -0.2) is 25.4 Å². The van der Waals surface area contributed by atoms with E-state index in [1.807, 2.05) is 31.1 Å². The first-order valence-corrected chi connectivity index (χ1v) is 5.36. The van der Waals surface area contributed by atoms with E-state index in [1.165, 1.54) is 0 Å². The molecule has 14 heavy (non-hydrogen) atoms. The molecule has 1 atom stereocenters. The summed E-state index contributed by atoms with van der Waals surface area (Å²) in [5.74, 6) is 0. The minimum Gasteiger partial charge on any atom is -0.399 e. The first kappa shape index (κ1) is 11.0. The second kappa shape index (κ2) is 4.43. The predicted molar refractivity (Wildman–Crippen MR) is 60.6 cm³/mol. The Hall–Kier alpha value is -1.07. The number of nitrogens with zero attached hydrogens (tertiary/aromatic N) is 1. The monoisotopic (exact) mass is 213 g/mol. The number of nitrogens with one attached hydrogen (secondary N) is 1. The third kappa shape index (κ3) is 2.46. The smallest absolute Gasteiger partial charge is 0.124 e. The summed E-state index contributed by atoms with van der Waals surface area (Å²) in [7, 11) is 4.30. The molecule has 0 aliphatic heterocycles. The van der Waals surface area contributed by atoms with E-state index in [0.29, 0.717) is 10.6 Å². The Balaban J connectivity index is 3.13. The van der Waals surface area contributed by atoms with Crippen molar-refractivity contribution in [1.82, 2.24) is 4.72 Å². The molecule has 4 nitrogen and oxygen atoms in total. The van der Waals surface area contributed by atoms with Crippen molar-refractivity contribution >= 4 is 22.4 Å². The fraction of sp³-hybridized carbons (Fsp3) is 0.333. The zero-order valence-corrected chi connectivity index (χ0v) is 9.39. The molecule has 1 aromatic rings. The highest BCUT2D eigenvalue weighted by Crippen LogP contribution is 2.20. The molecular weight excluding hydrogens is 198 g/mol. The summed E-state index contributed by atoms with van der Waals surface area (Å²) in [6.45, 7) is 0. The standard InChI is InChI=1S/C9H15N3OS/c1-11-14(13)9-5-7(10)4-8(6-9)12(2)3/h4-6,11H,10H2,1-3H3. The lowest BCUT2D eigenvalue weighted by Gasteiger charge is -2.14. The van der Waals surface area contributed by atoms with Gasteiger partial charge in [-0.2, -0.15) is 0 Å². The van der Waals surface area contributed by atoms with Crippen molar-refractivity contribution < 1.29 is 4.21 Å². The number of nitrogens with two attached hydrogens (primary N) is 1. The van der Waals surface area contributed by atoms with Crippen LogP contribution in [0.25, 0.3) is 0 Å². The normalized spacial score (nSPS) is 12.5. The Morgan fingerprint density at radius 3 is 2.50 bits per heavy atom. The molecule has 0 radical (unpaired) electrons. The first-order chi connectivity index (χ1) is 6.54. The van der Waals surface area contributed by atoms with Gasteiger partial charge in [-0.1, -0.05) is 0 Å². The van der Waals surface area contributed by atoms with Crippen LogP contribution in [0, 0.1) is 0 Å². The first-order valence-electron chi connectivity index (χ1n) is 4.21. The van der Waals surface area contributed by atoms with E-state index in [0.717, 1.165) is 5.69 Å². The average Bonchev–Trinajstić information content (AvgIpc) is 2.15. The molecule has 0 bridgehead atoms. The van der Waals surface area contributed by atoms with E-state index in [2.05, 4.69) is 4.72 Å². The quantitative estimate of drug-likeness (QED) is 0.722. The summed E-state index contributed by atoms with van der Waals surface area (Å²) < 4.78 is 14.1. The number of hydrogen-bond acceptors (Lipinski definition) is 3. The molecule has 0 amide bonds. The van der Waals surface area contributed by atoms with E-state index < -0.39 is 11.0 Å². The summed E-state index contributed by atoms with van der Waals surface area (Å²) in [6, 6.07) is 5.40. The molecule has 1 aromatic carbocycles. The van der Waals surface area contributed by atoms with E-state index in [1.54, 1.807) is 13.1 Å². The van der Waals surface area contributed by atoms with Gasteiger partial charge < -0.3 is 10.6 Å². The Bertz CT molecular complexity index is 352. The number of benzene rings is 1. The largest absolute Gasteiger partial charge is 0.399 e. The van der Waals surface area contributed by atoms with Crippen molar-refractivity contribution in [2.45, 2.75) is 4.90 Å². The van der Waals surface area contributed by atoms with Gasteiger partial charge in [-0.05, 0) is 25.2 Å². The summed E-state index contributed by atoms with van der Waals surface area (Å²) in [5.41, 5.74) is 7.27. The summed E-state index contributed by atoms with van der Waals surface area (Å²) in [6.07, 6.45) is 0. The van der Waals surface area contributed by atoms with Gasteiger partial charge >= 0.3 is 0 Å². The van der Waals surface area contributed by atoms with Gasteiger partial charge in [0.1, 0.15) is 11.0 Å². The van der Waals surface area contributed by atoms with Gasteiger partial charge in [-0.25, -0.2) is 8.93 Å². The van der Waals surface area contributed by atoms with Crippen LogP contribution < -0.4 is 15.4 Å². The van der Waals surface area contributed by atoms with Crippen LogP contribution in [0.3, 0.4) is 0 Å². The summed E-state index contributed by atoms with van der Waals surface area (Å²) >= 11 is 0. The lowest BCUT2D eigenvalue weighted by Crippen LogP contribution is -2.13. The van der Waals surface area contributed by atoms with E-state index in [9.17, 15) is 4.21 Å².